The summed E-state index contributed by atoms with van der Waals surface area (Å²) in [7, 11) is 0. The van der Waals surface area contributed by atoms with Crippen LogP contribution in [0.5, 0.6) is 11.5 Å². The van der Waals surface area contributed by atoms with Crippen molar-refractivity contribution < 1.29 is 29.0 Å². The summed E-state index contributed by atoms with van der Waals surface area (Å²) in [5, 5.41) is 30.8. The molecule has 8 heteroatoms. The molecule has 6 nitrogen and oxygen atoms in total. The molecular formula is C10H5BrFNO5. The van der Waals surface area contributed by atoms with Gasteiger partial charge in [-0.3, -0.25) is 0 Å². The quantitative estimate of drug-likeness (QED) is 0.734. The molecule has 0 bridgehead atoms. The van der Waals surface area contributed by atoms with E-state index < -0.39 is 23.3 Å². The minimum atomic E-state index is -1.31. The minimum Gasteiger partial charge on any atom is -0.504 e. The van der Waals surface area contributed by atoms with Gasteiger partial charge in [0.25, 0.3) is 0 Å². The summed E-state index contributed by atoms with van der Waals surface area (Å²) in [5.74, 6) is -4.18. The van der Waals surface area contributed by atoms with Crippen LogP contribution in [0.4, 0.5) is 4.39 Å². The van der Waals surface area contributed by atoms with Crippen LogP contribution in [-0.2, 0) is 0 Å². The van der Waals surface area contributed by atoms with Crippen molar-refractivity contribution in [2.75, 3.05) is 0 Å². The molecule has 0 aliphatic rings. The normalized spacial score (nSPS) is 10.6. The van der Waals surface area contributed by atoms with Crippen LogP contribution in [0.2, 0.25) is 0 Å². The molecule has 0 saturated carbocycles. The molecule has 2 rings (SSSR count). The number of carboxylic acids is 1. The van der Waals surface area contributed by atoms with Gasteiger partial charge in [0.15, 0.2) is 28.8 Å². The van der Waals surface area contributed by atoms with Crippen LogP contribution < -0.4 is 0 Å². The largest absolute Gasteiger partial charge is 0.504 e. The first-order valence-corrected chi connectivity index (χ1v) is 5.31. The smallest absolute Gasteiger partial charge is 0.358 e. The Morgan fingerprint density at radius 1 is 1.33 bits per heavy atom. The van der Waals surface area contributed by atoms with E-state index in [9.17, 15) is 19.4 Å². The van der Waals surface area contributed by atoms with Crippen molar-refractivity contribution in [3.63, 3.8) is 0 Å². The number of rotatable bonds is 2. The number of aromatic hydroxyl groups is 2. The first-order chi connectivity index (χ1) is 8.41. The monoisotopic (exact) mass is 317 g/mol. The van der Waals surface area contributed by atoms with Gasteiger partial charge in [-0.25, -0.2) is 9.18 Å². The van der Waals surface area contributed by atoms with Gasteiger partial charge >= 0.3 is 5.97 Å². The summed E-state index contributed by atoms with van der Waals surface area (Å²) in [5.41, 5.74) is -0.464. The van der Waals surface area contributed by atoms with Crippen LogP contribution in [-0.4, -0.2) is 26.4 Å². The van der Waals surface area contributed by atoms with Gasteiger partial charge in [-0.15, -0.1) is 0 Å². The van der Waals surface area contributed by atoms with E-state index in [1.165, 1.54) is 0 Å². The number of phenolic OH excluding ortho intramolecular Hbond substituents is 2. The molecule has 1 heterocycles. The number of halogens is 2. The van der Waals surface area contributed by atoms with Crippen molar-refractivity contribution in [3.05, 3.63) is 28.1 Å². The van der Waals surface area contributed by atoms with Crippen molar-refractivity contribution >= 4 is 21.9 Å². The summed E-state index contributed by atoms with van der Waals surface area (Å²) in [6, 6.07) is 1.95. The van der Waals surface area contributed by atoms with E-state index in [0.717, 1.165) is 12.1 Å². The number of hydrogen-bond acceptors (Lipinski definition) is 5. The Balaban J connectivity index is 2.63. The zero-order chi connectivity index (χ0) is 13.4. The van der Waals surface area contributed by atoms with Crippen LogP contribution in [0, 0.1) is 5.82 Å². The Bertz CT molecular complexity index is 639. The van der Waals surface area contributed by atoms with Crippen LogP contribution in [0.25, 0.3) is 11.3 Å². The van der Waals surface area contributed by atoms with Gasteiger partial charge in [-0.1, -0.05) is 5.16 Å². The topological polar surface area (TPSA) is 104 Å². The average molecular weight is 318 g/mol. The number of hydrogen-bond donors (Lipinski definition) is 3. The third kappa shape index (κ3) is 1.90. The predicted octanol–water partition coefficient (Wildman–Crippen LogP) is 2.35. The summed E-state index contributed by atoms with van der Waals surface area (Å²) in [4.78, 5) is 10.6. The van der Waals surface area contributed by atoms with E-state index in [-0.39, 0.29) is 21.5 Å². The number of phenols is 2. The highest BCUT2D eigenvalue weighted by Crippen LogP contribution is 2.43. The molecule has 94 valence electrons. The lowest BCUT2D eigenvalue weighted by atomic mass is 10.1. The molecule has 0 atom stereocenters. The van der Waals surface area contributed by atoms with E-state index in [0.29, 0.717) is 0 Å². The highest BCUT2D eigenvalue weighted by molar-refractivity contribution is 9.10. The van der Waals surface area contributed by atoms with Gasteiger partial charge in [-0.2, -0.15) is 0 Å². The van der Waals surface area contributed by atoms with Crippen molar-refractivity contribution in [1.29, 1.82) is 0 Å². The van der Waals surface area contributed by atoms with Gasteiger partial charge in [0, 0.05) is 10.5 Å². The molecule has 1 aromatic heterocycles. The van der Waals surface area contributed by atoms with Gasteiger partial charge in [0.2, 0.25) is 0 Å². The van der Waals surface area contributed by atoms with E-state index in [1.54, 1.807) is 0 Å². The molecule has 0 aliphatic carbocycles. The molecule has 0 unspecified atom stereocenters. The third-order valence-corrected chi connectivity index (χ3v) is 2.78. The molecule has 3 N–H and O–H groups in total. The van der Waals surface area contributed by atoms with Crippen molar-refractivity contribution in [2.24, 2.45) is 0 Å². The highest BCUT2D eigenvalue weighted by atomic mass is 79.9. The lowest BCUT2D eigenvalue weighted by Crippen LogP contribution is -1.94. The Kier molecular flexibility index (Phi) is 2.95. The van der Waals surface area contributed by atoms with Gasteiger partial charge in [0.05, 0.1) is 5.56 Å². The summed E-state index contributed by atoms with van der Waals surface area (Å²) in [6.45, 7) is 0. The van der Waals surface area contributed by atoms with E-state index in [4.69, 9.17) is 9.63 Å². The molecule has 0 fully saturated rings. The Morgan fingerprint density at radius 2 is 2.00 bits per heavy atom. The molecule has 0 aliphatic heterocycles. The Labute approximate surface area is 107 Å². The van der Waals surface area contributed by atoms with Crippen LogP contribution in [0.3, 0.4) is 0 Å². The second-order valence-electron chi connectivity index (χ2n) is 3.29. The summed E-state index contributed by atoms with van der Waals surface area (Å²) < 4.78 is 17.9. The standard InChI is InChI=1S/C10H5BrFNO5/c11-3-1-4(12)8(14)9(15)7(3)6-2-5(10(16)17)13-18-6/h1-2,14-15H,(H,16,17). The van der Waals surface area contributed by atoms with Crippen LogP contribution in [0.15, 0.2) is 21.1 Å². The van der Waals surface area contributed by atoms with Crippen molar-refractivity contribution in [2.45, 2.75) is 0 Å². The van der Waals surface area contributed by atoms with Crippen molar-refractivity contribution in [1.82, 2.24) is 5.16 Å². The van der Waals surface area contributed by atoms with Crippen LogP contribution in [0.1, 0.15) is 10.5 Å². The first kappa shape index (κ1) is 12.4. The van der Waals surface area contributed by atoms with E-state index in [2.05, 4.69) is 21.1 Å². The number of aromatic carboxylic acids is 1. The third-order valence-electron chi connectivity index (χ3n) is 2.16. The van der Waals surface area contributed by atoms with E-state index in [1.807, 2.05) is 0 Å². The number of nitrogens with zero attached hydrogens (tertiary/aromatic N) is 1. The summed E-state index contributed by atoms with van der Waals surface area (Å²) in [6.07, 6.45) is 0. The SMILES string of the molecule is O=C(O)c1cc(-c2c(Br)cc(F)c(O)c2O)on1. The minimum absolute atomic E-state index is 0.0865. The van der Waals surface area contributed by atoms with Crippen molar-refractivity contribution in [3.8, 4) is 22.8 Å². The molecule has 0 amide bonds. The number of carbonyl (C=O) groups is 1. The van der Waals surface area contributed by atoms with Gasteiger partial charge < -0.3 is 19.8 Å². The number of benzene rings is 1. The fourth-order valence-electron chi connectivity index (χ4n) is 1.32. The fourth-order valence-corrected chi connectivity index (χ4v) is 1.91. The molecule has 18 heavy (non-hydrogen) atoms. The maximum Gasteiger partial charge on any atom is 0.358 e. The maximum atomic E-state index is 13.1. The number of aromatic nitrogens is 1. The molecular weight excluding hydrogens is 313 g/mol. The lowest BCUT2D eigenvalue weighted by molar-refractivity contribution is 0.0686. The maximum absolute atomic E-state index is 13.1. The molecule has 2 aromatic rings. The zero-order valence-corrected chi connectivity index (χ0v) is 10.1. The lowest BCUT2D eigenvalue weighted by Gasteiger charge is -2.06. The Morgan fingerprint density at radius 3 is 2.56 bits per heavy atom. The first-order valence-electron chi connectivity index (χ1n) is 4.52. The second-order valence-corrected chi connectivity index (χ2v) is 4.15. The average Bonchev–Trinajstić information content (AvgIpc) is 2.75. The number of carboxylic acid groups (broad SMARTS) is 1. The molecule has 0 radical (unpaired) electrons. The second kappa shape index (κ2) is 4.30. The van der Waals surface area contributed by atoms with Crippen LogP contribution >= 0.6 is 15.9 Å². The van der Waals surface area contributed by atoms with E-state index >= 15 is 0 Å². The molecule has 0 spiro atoms. The van der Waals surface area contributed by atoms with Gasteiger partial charge in [0.1, 0.15) is 0 Å². The zero-order valence-electron chi connectivity index (χ0n) is 8.52. The molecule has 1 aromatic carbocycles. The fraction of sp³-hybridized carbons (Fsp3) is 0. The van der Waals surface area contributed by atoms with Gasteiger partial charge in [-0.05, 0) is 22.0 Å². The summed E-state index contributed by atoms with van der Waals surface area (Å²) >= 11 is 2.97. The molecule has 0 saturated heterocycles. The predicted molar refractivity (Wildman–Crippen MR) is 59.9 cm³/mol. The highest BCUT2D eigenvalue weighted by Gasteiger charge is 2.22. The Hall–Kier alpha value is -2.09.